The molecule has 0 atom stereocenters. The van der Waals surface area contributed by atoms with Gasteiger partial charge in [0.25, 0.3) is 5.91 Å². The summed E-state index contributed by atoms with van der Waals surface area (Å²) in [6, 6.07) is 11.5. The average Bonchev–Trinajstić information content (AvgIpc) is 3.59. The average molecular weight is 544 g/mol. The number of aromatic nitrogens is 3. The van der Waals surface area contributed by atoms with Gasteiger partial charge in [-0.3, -0.25) is 18.8 Å². The molecule has 6 rings (SSSR count). The fourth-order valence-electron chi connectivity index (χ4n) is 6.16. The summed E-state index contributed by atoms with van der Waals surface area (Å²) >= 11 is 0. The quantitative estimate of drug-likeness (QED) is 0.402. The van der Waals surface area contributed by atoms with Crippen molar-refractivity contribution in [2.75, 3.05) is 57.3 Å². The van der Waals surface area contributed by atoms with Crippen LogP contribution in [0, 0.1) is 5.92 Å². The number of pyridine rings is 2. The molecule has 1 aromatic carbocycles. The van der Waals surface area contributed by atoms with Gasteiger partial charge in [-0.15, -0.1) is 0 Å². The van der Waals surface area contributed by atoms with E-state index in [1.54, 1.807) is 6.07 Å². The van der Waals surface area contributed by atoms with Gasteiger partial charge in [-0.25, -0.2) is 4.98 Å². The van der Waals surface area contributed by atoms with Crippen molar-refractivity contribution >= 4 is 45.3 Å². The Labute approximate surface area is 233 Å². The molecule has 40 heavy (non-hydrogen) atoms. The zero-order valence-electron chi connectivity index (χ0n) is 23.5. The first-order chi connectivity index (χ1) is 19.3. The van der Waals surface area contributed by atoms with Crippen LogP contribution in [0.3, 0.4) is 0 Å². The van der Waals surface area contributed by atoms with E-state index in [0.29, 0.717) is 49.4 Å². The first-order valence-electron chi connectivity index (χ1n) is 14.3. The van der Waals surface area contributed by atoms with Crippen LogP contribution in [0.5, 0.6) is 0 Å². The topological polar surface area (TPSA) is 95.2 Å². The lowest BCUT2D eigenvalue weighted by atomic mass is 10.1. The Morgan fingerprint density at radius 2 is 1.65 bits per heavy atom. The summed E-state index contributed by atoms with van der Waals surface area (Å²) in [6.07, 6.45) is 2.38. The third kappa shape index (κ3) is 4.50. The van der Waals surface area contributed by atoms with E-state index in [4.69, 9.17) is 4.98 Å². The van der Waals surface area contributed by atoms with E-state index >= 15 is 0 Å². The number of rotatable bonds is 6. The number of nitrogens with one attached hydrogen (secondary N) is 1. The molecule has 0 aliphatic carbocycles. The van der Waals surface area contributed by atoms with Crippen molar-refractivity contribution in [2.45, 2.75) is 26.7 Å². The molecule has 3 aromatic heterocycles. The highest BCUT2D eigenvalue weighted by Crippen LogP contribution is 2.27. The number of likely N-dealkylation sites (tertiary alicyclic amines) is 1. The predicted molar refractivity (Wildman–Crippen MR) is 157 cm³/mol. The molecule has 2 saturated heterocycles. The summed E-state index contributed by atoms with van der Waals surface area (Å²) in [6.45, 7) is 9.84. The molecule has 2 aliphatic rings. The lowest BCUT2D eigenvalue weighted by Gasteiger charge is -2.36. The van der Waals surface area contributed by atoms with Gasteiger partial charge in [-0.05, 0) is 50.2 Å². The summed E-state index contributed by atoms with van der Waals surface area (Å²) in [5.41, 5.74) is 2.69. The normalized spacial score (nSPS) is 16.6. The second kappa shape index (κ2) is 10.6. The van der Waals surface area contributed by atoms with E-state index in [0.717, 1.165) is 36.5 Å². The van der Waals surface area contributed by atoms with Crippen LogP contribution in [0.2, 0.25) is 0 Å². The third-order valence-electron chi connectivity index (χ3n) is 8.33. The van der Waals surface area contributed by atoms with Crippen molar-refractivity contribution < 1.29 is 9.59 Å². The number of anilines is 1. The first-order valence-corrected chi connectivity index (χ1v) is 14.3. The molecule has 10 heteroatoms. The van der Waals surface area contributed by atoms with Crippen molar-refractivity contribution in [3.63, 3.8) is 0 Å². The van der Waals surface area contributed by atoms with Crippen molar-refractivity contribution in [1.29, 1.82) is 0 Å². The Morgan fingerprint density at radius 1 is 0.950 bits per heavy atom. The Hall–Kier alpha value is -3.92. The lowest BCUT2D eigenvalue weighted by Crippen LogP contribution is -2.50. The number of nitrogens with zero attached hydrogens (tertiary/aromatic N) is 6. The van der Waals surface area contributed by atoms with Crippen LogP contribution in [0.25, 0.3) is 27.7 Å². The highest BCUT2D eigenvalue weighted by Gasteiger charge is 2.27. The molecule has 210 valence electrons. The van der Waals surface area contributed by atoms with Crippen LogP contribution >= 0.6 is 0 Å². The number of aryl methyl sites for hydroxylation is 1. The van der Waals surface area contributed by atoms with Crippen molar-refractivity contribution in [1.82, 2.24) is 29.1 Å². The largest absolute Gasteiger partial charge is 0.353 e. The molecular weight excluding hydrogens is 506 g/mol. The Kier molecular flexibility index (Phi) is 6.95. The van der Waals surface area contributed by atoms with Gasteiger partial charge in [0, 0.05) is 52.2 Å². The fourth-order valence-corrected chi connectivity index (χ4v) is 6.16. The first kappa shape index (κ1) is 26.3. The van der Waals surface area contributed by atoms with E-state index in [2.05, 4.69) is 15.1 Å². The minimum atomic E-state index is -0.357. The number of imidazole rings is 1. The maximum atomic E-state index is 13.9. The zero-order valence-corrected chi connectivity index (χ0v) is 23.5. The highest BCUT2D eigenvalue weighted by atomic mass is 16.2. The van der Waals surface area contributed by atoms with Crippen molar-refractivity contribution in [3.8, 4) is 0 Å². The number of benzene rings is 1. The molecule has 10 nitrogen and oxygen atoms in total. The van der Waals surface area contributed by atoms with Gasteiger partial charge >= 0.3 is 0 Å². The molecule has 4 aromatic rings. The van der Waals surface area contributed by atoms with Gasteiger partial charge < -0.3 is 24.6 Å². The van der Waals surface area contributed by atoms with Gasteiger partial charge in [0.15, 0.2) is 5.65 Å². The SMILES string of the molecule is CC(C)C(=O)N1CCN(c2ccc3c(=O)c(C(=O)NCCN4CCCC4)c4n(C)c5ccccc5n4c3n2)CC1. The maximum Gasteiger partial charge on any atom is 0.259 e. The molecule has 2 fully saturated rings. The van der Waals surface area contributed by atoms with E-state index in [1.807, 2.05) is 65.1 Å². The van der Waals surface area contributed by atoms with Crippen molar-refractivity contribution in [2.24, 2.45) is 13.0 Å². The third-order valence-corrected chi connectivity index (χ3v) is 8.33. The number of para-hydroxylation sites is 2. The molecule has 0 unspecified atom stereocenters. The molecule has 2 aliphatic heterocycles. The minimum Gasteiger partial charge on any atom is -0.353 e. The molecule has 5 heterocycles. The number of piperazine rings is 1. The van der Waals surface area contributed by atoms with Gasteiger partial charge in [-0.1, -0.05) is 26.0 Å². The Balaban J connectivity index is 1.41. The van der Waals surface area contributed by atoms with Crippen LogP contribution in [0.1, 0.15) is 37.0 Å². The Morgan fingerprint density at radius 3 is 2.35 bits per heavy atom. The summed E-state index contributed by atoms with van der Waals surface area (Å²) in [7, 11) is 1.89. The number of hydrogen-bond acceptors (Lipinski definition) is 6. The molecule has 0 radical (unpaired) electrons. The van der Waals surface area contributed by atoms with Gasteiger partial charge in [0.2, 0.25) is 11.3 Å². The standard InChI is InChI=1S/C30H37N7O3/c1-20(2)30(40)36-18-16-35(17-19-36)24-11-10-21-26(38)25(28(39)31-12-15-34-13-6-7-14-34)29-33(3)22-8-4-5-9-23(22)37(29)27(21)32-24/h4-5,8-11,20H,6-7,12-19H2,1-3H3,(H,31,39). The van der Waals surface area contributed by atoms with Crippen LogP contribution in [-0.2, 0) is 11.8 Å². The number of hydrogen-bond donors (Lipinski definition) is 1. The summed E-state index contributed by atoms with van der Waals surface area (Å²) < 4.78 is 3.86. The summed E-state index contributed by atoms with van der Waals surface area (Å²) in [5, 5.41) is 3.42. The fraction of sp³-hybridized carbons (Fsp3) is 0.467. The van der Waals surface area contributed by atoms with E-state index in [1.165, 1.54) is 12.8 Å². The molecular formula is C30H37N7O3. The summed E-state index contributed by atoms with van der Waals surface area (Å²) in [4.78, 5) is 51.3. The van der Waals surface area contributed by atoms with E-state index < -0.39 is 0 Å². The number of amides is 2. The van der Waals surface area contributed by atoms with Crippen LogP contribution < -0.4 is 15.6 Å². The lowest BCUT2D eigenvalue weighted by molar-refractivity contribution is -0.134. The van der Waals surface area contributed by atoms with Gasteiger partial charge in [0.05, 0.1) is 16.4 Å². The highest BCUT2D eigenvalue weighted by molar-refractivity contribution is 6.05. The molecule has 0 saturated carbocycles. The minimum absolute atomic E-state index is 0.0246. The molecule has 0 bridgehead atoms. The summed E-state index contributed by atoms with van der Waals surface area (Å²) in [5.74, 6) is 0.544. The van der Waals surface area contributed by atoms with Crippen molar-refractivity contribution in [3.05, 3.63) is 52.2 Å². The second-order valence-electron chi connectivity index (χ2n) is 11.2. The van der Waals surface area contributed by atoms with Gasteiger partial charge in [0.1, 0.15) is 17.0 Å². The van der Waals surface area contributed by atoms with Crippen LogP contribution in [-0.4, -0.2) is 87.9 Å². The zero-order chi connectivity index (χ0) is 28.0. The Bertz CT molecular complexity index is 1660. The molecule has 1 N–H and O–H groups in total. The van der Waals surface area contributed by atoms with Gasteiger partial charge in [-0.2, -0.15) is 0 Å². The predicted octanol–water partition coefficient (Wildman–Crippen LogP) is 2.47. The number of carbonyl (C=O) groups excluding carboxylic acids is 2. The molecule has 0 spiro atoms. The second-order valence-corrected chi connectivity index (χ2v) is 11.2. The van der Waals surface area contributed by atoms with Crippen LogP contribution in [0.15, 0.2) is 41.2 Å². The maximum absolute atomic E-state index is 13.9. The molecule has 2 amide bonds. The van der Waals surface area contributed by atoms with Crippen LogP contribution in [0.4, 0.5) is 5.82 Å². The number of carbonyl (C=O) groups is 2. The smallest absolute Gasteiger partial charge is 0.259 e. The monoisotopic (exact) mass is 543 g/mol. The van der Waals surface area contributed by atoms with E-state index in [9.17, 15) is 14.4 Å². The number of fused-ring (bicyclic) bond motifs is 5. The van der Waals surface area contributed by atoms with E-state index in [-0.39, 0.29) is 28.7 Å².